The number of alkyl halides is 1. The Morgan fingerprint density at radius 2 is 1.94 bits per heavy atom. The summed E-state index contributed by atoms with van der Waals surface area (Å²) in [7, 11) is 0. The lowest BCUT2D eigenvalue weighted by Gasteiger charge is -2.22. The molecule has 1 unspecified atom stereocenters. The molecule has 0 fully saturated rings. The van der Waals surface area contributed by atoms with Gasteiger partial charge in [0, 0.05) is 11.6 Å². The Bertz CT molecular complexity index is 431. The molecule has 0 N–H and O–H groups in total. The third-order valence-corrected chi connectivity index (χ3v) is 2.69. The average Bonchev–Trinajstić information content (AvgIpc) is 2.28. The number of hydrogen-bond acceptors (Lipinski definition) is 3. The highest BCUT2D eigenvalue weighted by Gasteiger charge is 2.30. The second kappa shape index (κ2) is 3.94. The molecule has 1 atom stereocenters. The number of rotatable bonds is 2. The van der Waals surface area contributed by atoms with Crippen LogP contribution in [-0.4, -0.2) is 19.5 Å². The Labute approximate surface area is 97.1 Å². The van der Waals surface area contributed by atoms with Crippen LogP contribution in [0.4, 0.5) is 4.39 Å². The maximum atomic E-state index is 13.8. The van der Waals surface area contributed by atoms with Gasteiger partial charge in [-0.3, -0.25) is 4.79 Å². The number of fused-ring (bicyclic) bond motifs is 1. The van der Waals surface area contributed by atoms with Crippen LogP contribution in [0.3, 0.4) is 0 Å². The summed E-state index contributed by atoms with van der Waals surface area (Å²) in [6.45, 7) is 1.98. The van der Waals surface area contributed by atoms with E-state index in [2.05, 4.69) is 0 Å². The van der Waals surface area contributed by atoms with Crippen molar-refractivity contribution in [2.45, 2.75) is 12.6 Å². The summed E-state index contributed by atoms with van der Waals surface area (Å²) in [6, 6.07) is 2.87. The minimum absolute atomic E-state index is 0.0911. The van der Waals surface area contributed by atoms with Crippen molar-refractivity contribution >= 4 is 17.9 Å². The Kier molecular flexibility index (Phi) is 2.76. The zero-order chi connectivity index (χ0) is 11.8. The fourth-order valence-corrected chi connectivity index (χ4v) is 1.84. The molecule has 1 aliphatic heterocycles. The topological polar surface area (TPSA) is 35.5 Å². The van der Waals surface area contributed by atoms with Gasteiger partial charge in [-0.05, 0) is 13.0 Å². The van der Waals surface area contributed by atoms with E-state index < -0.39 is 5.67 Å². The van der Waals surface area contributed by atoms with Gasteiger partial charge < -0.3 is 9.47 Å². The van der Waals surface area contributed by atoms with Crippen molar-refractivity contribution in [3.63, 3.8) is 0 Å². The molecule has 1 aromatic rings. The van der Waals surface area contributed by atoms with Crippen LogP contribution in [0.2, 0.25) is 5.02 Å². The molecular formula is C11H10ClFO3. The molecule has 5 heteroatoms. The van der Waals surface area contributed by atoms with Gasteiger partial charge in [-0.25, -0.2) is 4.39 Å². The van der Waals surface area contributed by atoms with Crippen LogP contribution in [0.5, 0.6) is 11.5 Å². The normalized spacial score (nSPS) is 17.7. The largest absolute Gasteiger partial charge is 0.486 e. The van der Waals surface area contributed by atoms with Crippen LogP contribution < -0.4 is 9.47 Å². The highest BCUT2D eigenvalue weighted by atomic mass is 35.5. The van der Waals surface area contributed by atoms with Gasteiger partial charge in [0.15, 0.2) is 23.5 Å². The van der Waals surface area contributed by atoms with E-state index >= 15 is 0 Å². The van der Waals surface area contributed by atoms with E-state index in [0.717, 1.165) is 6.92 Å². The second-order valence-electron chi connectivity index (χ2n) is 3.67. The van der Waals surface area contributed by atoms with Crippen molar-refractivity contribution in [3.8, 4) is 11.5 Å². The molecule has 0 saturated carbocycles. The summed E-state index contributed by atoms with van der Waals surface area (Å²) in [5, 5.41) is 0.154. The van der Waals surface area contributed by atoms with Crippen LogP contribution >= 0.6 is 11.6 Å². The fraction of sp³-hybridized carbons (Fsp3) is 0.364. The maximum absolute atomic E-state index is 13.8. The molecular weight excluding hydrogens is 235 g/mol. The van der Waals surface area contributed by atoms with Crippen molar-refractivity contribution in [2.24, 2.45) is 0 Å². The third kappa shape index (κ3) is 1.85. The minimum Gasteiger partial charge on any atom is -0.486 e. The van der Waals surface area contributed by atoms with Gasteiger partial charge in [-0.15, -0.1) is 0 Å². The van der Waals surface area contributed by atoms with E-state index in [1.807, 2.05) is 0 Å². The lowest BCUT2D eigenvalue weighted by molar-refractivity contribution is -0.117. The smallest absolute Gasteiger partial charge is 0.189 e. The Hall–Kier alpha value is -1.29. The first-order valence-corrected chi connectivity index (χ1v) is 5.17. The number of carbonyl (C=O) groups excluding carboxylic acids is 1. The summed E-state index contributed by atoms with van der Waals surface area (Å²) < 4.78 is 24.4. The monoisotopic (exact) mass is 244 g/mol. The summed E-state index contributed by atoms with van der Waals surface area (Å²) >= 11 is 5.89. The molecule has 0 aliphatic carbocycles. The van der Waals surface area contributed by atoms with Gasteiger partial charge in [-0.2, -0.15) is 0 Å². The zero-order valence-corrected chi connectivity index (χ0v) is 9.38. The number of hydrogen-bond donors (Lipinski definition) is 0. The molecule has 2 rings (SSSR count). The predicted octanol–water partition coefficient (Wildman–Crippen LogP) is 2.49. The standard InChI is InChI=1S/C11H10ClFO3/c1-11(13,6-14)7-4-9-10(5-8(7)12)16-3-2-15-9/h4-6H,2-3H2,1H3. The summed E-state index contributed by atoms with van der Waals surface area (Å²) in [4.78, 5) is 10.6. The first-order chi connectivity index (χ1) is 7.54. The molecule has 0 radical (unpaired) electrons. The fourth-order valence-electron chi connectivity index (χ4n) is 1.50. The number of aldehydes is 1. The summed E-state index contributed by atoms with van der Waals surface area (Å²) in [6.07, 6.45) is 0.213. The lowest BCUT2D eigenvalue weighted by Crippen LogP contribution is -2.20. The number of benzene rings is 1. The van der Waals surface area contributed by atoms with Crippen LogP contribution in [0, 0.1) is 0 Å². The van der Waals surface area contributed by atoms with Gasteiger partial charge >= 0.3 is 0 Å². The van der Waals surface area contributed by atoms with Crippen LogP contribution in [-0.2, 0) is 10.5 Å². The maximum Gasteiger partial charge on any atom is 0.189 e. The number of carbonyl (C=O) groups is 1. The highest BCUT2D eigenvalue weighted by Crippen LogP contribution is 2.40. The van der Waals surface area contributed by atoms with E-state index in [-0.39, 0.29) is 16.9 Å². The molecule has 0 aromatic heterocycles. The van der Waals surface area contributed by atoms with Crippen LogP contribution in [0.25, 0.3) is 0 Å². The molecule has 0 bridgehead atoms. The highest BCUT2D eigenvalue weighted by molar-refractivity contribution is 6.31. The van der Waals surface area contributed by atoms with Crippen molar-refractivity contribution in [1.29, 1.82) is 0 Å². The molecule has 1 heterocycles. The molecule has 1 aromatic carbocycles. The second-order valence-corrected chi connectivity index (χ2v) is 4.08. The lowest BCUT2D eigenvalue weighted by atomic mass is 9.99. The van der Waals surface area contributed by atoms with E-state index in [1.165, 1.54) is 12.1 Å². The molecule has 0 spiro atoms. The van der Waals surface area contributed by atoms with Crippen LogP contribution in [0.1, 0.15) is 12.5 Å². The van der Waals surface area contributed by atoms with Crippen molar-refractivity contribution in [1.82, 2.24) is 0 Å². The van der Waals surface area contributed by atoms with Crippen molar-refractivity contribution in [3.05, 3.63) is 22.7 Å². The summed E-state index contributed by atoms with van der Waals surface area (Å²) in [5.41, 5.74) is -2.03. The van der Waals surface area contributed by atoms with E-state index in [9.17, 15) is 9.18 Å². The number of halogens is 2. The van der Waals surface area contributed by atoms with Crippen molar-refractivity contribution < 1.29 is 18.7 Å². The first-order valence-electron chi connectivity index (χ1n) is 4.79. The van der Waals surface area contributed by atoms with E-state index in [4.69, 9.17) is 21.1 Å². The Morgan fingerprint density at radius 1 is 1.38 bits per heavy atom. The predicted molar refractivity (Wildman–Crippen MR) is 57.0 cm³/mol. The Balaban J connectivity index is 2.51. The Morgan fingerprint density at radius 3 is 2.50 bits per heavy atom. The van der Waals surface area contributed by atoms with Gasteiger partial charge in [0.2, 0.25) is 0 Å². The summed E-state index contributed by atoms with van der Waals surface area (Å²) in [5.74, 6) is 0.887. The number of ether oxygens (including phenoxy) is 2. The van der Waals surface area contributed by atoms with E-state index in [0.29, 0.717) is 24.7 Å². The van der Waals surface area contributed by atoms with E-state index in [1.54, 1.807) is 0 Å². The van der Waals surface area contributed by atoms with Gasteiger partial charge in [-0.1, -0.05) is 11.6 Å². The molecule has 86 valence electrons. The molecule has 0 amide bonds. The third-order valence-electron chi connectivity index (χ3n) is 2.38. The van der Waals surface area contributed by atoms with Crippen molar-refractivity contribution in [2.75, 3.05) is 13.2 Å². The molecule has 0 saturated heterocycles. The molecule has 1 aliphatic rings. The molecule has 16 heavy (non-hydrogen) atoms. The van der Waals surface area contributed by atoms with Gasteiger partial charge in [0.05, 0.1) is 5.02 Å². The van der Waals surface area contributed by atoms with Gasteiger partial charge in [0.25, 0.3) is 0 Å². The van der Waals surface area contributed by atoms with Gasteiger partial charge in [0.1, 0.15) is 13.2 Å². The van der Waals surface area contributed by atoms with Crippen LogP contribution in [0.15, 0.2) is 12.1 Å². The molecule has 3 nitrogen and oxygen atoms in total. The minimum atomic E-state index is -2.12. The SMILES string of the molecule is CC(F)(C=O)c1cc2c(cc1Cl)OCCO2. The quantitative estimate of drug-likeness (QED) is 0.750. The first kappa shape index (κ1) is 11.2. The average molecular weight is 245 g/mol. The zero-order valence-electron chi connectivity index (χ0n) is 8.63.